The van der Waals surface area contributed by atoms with Crippen LogP contribution in [0, 0.1) is 6.92 Å². The average molecular weight is 405 g/mol. The van der Waals surface area contributed by atoms with Gasteiger partial charge >= 0.3 is 5.97 Å². The summed E-state index contributed by atoms with van der Waals surface area (Å²) in [7, 11) is 0. The smallest absolute Gasteiger partial charge is 0.344 e. The van der Waals surface area contributed by atoms with E-state index in [-0.39, 0.29) is 12.5 Å². The Morgan fingerprint density at radius 3 is 2.70 bits per heavy atom. The molecule has 1 aliphatic rings. The van der Waals surface area contributed by atoms with Gasteiger partial charge in [-0.25, -0.2) is 4.79 Å². The molecule has 1 heterocycles. The second-order valence-corrected chi connectivity index (χ2v) is 6.35. The number of ether oxygens (including phenoxy) is 2. The van der Waals surface area contributed by atoms with Gasteiger partial charge in [-0.3, -0.25) is 14.5 Å². The molecule has 0 N–H and O–H groups in total. The van der Waals surface area contributed by atoms with Crippen molar-refractivity contribution in [3.8, 4) is 5.75 Å². The van der Waals surface area contributed by atoms with Crippen LogP contribution in [0.2, 0.25) is 5.02 Å². The lowest BCUT2D eigenvalue weighted by Crippen LogP contribution is -2.35. The molecule has 0 aliphatic carbocycles. The number of esters is 1. The first-order chi connectivity index (χ1) is 10.9. The Morgan fingerprint density at radius 2 is 2.09 bits per heavy atom. The Balaban J connectivity index is 1.82. The van der Waals surface area contributed by atoms with Crippen molar-refractivity contribution in [1.29, 1.82) is 0 Å². The number of aryl methyl sites for hydroxylation is 1. The van der Waals surface area contributed by atoms with Crippen LogP contribution in [0.1, 0.15) is 18.4 Å². The van der Waals surface area contributed by atoms with Gasteiger partial charge in [0.25, 0.3) is 5.91 Å². The van der Waals surface area contributed by atoms with Gasteiger partial charge in [0, 0.05) is 17.4 Å². The van der Waals surface area contributed by atoms with Gasteiger partial charge in [-0.1, -0.05) is 27.5 Å². The molecule has 0 aromatic heterocycles. The zero-order valence-electron chi connectivity index (χ0n) is 12.4. The predicted molar refractivity (Wildman–Crippen MR) is 86.3 cm³/mol. The van der Waals surface area contributed by atoms with E-state index in [1.807, 2.05) is 0 Å². The number of carbonyl (C=O) groups is 3. The van der Waals surface area contributed by atoms with Gasteiger partial charge in [0.1, 0.15) is 5.75 Å². The Morgan fingerprint density at radius 1 is 1.35 bits per heavy atom. The van der Waals surface area contributed by atoms with E-state index in [2.05, 4.69) is 15.9 Å². The predicted octanol–water partition coefficient (Wildman–Crippen LogP) is 2.48. The Bertz CT molecular complexity index is 626. The molecule has 0 atom stereocenters. The monoisotopic (exact) mass is 403 g/mol. The second kappa shape index (κ2) is 7.79. The van der Waals surface area contributed by atoms with Gasteiger partial charge in [0.2, 0.25) is 5.91 Å². The molecule has 1 aromatic rings. The summed E-state index contributed by atoms with van der Waals surface area (Å²) in [6, 6.07) is 3.45. The summed E-state index contributed by atoms with van der Waals surface area (Å²) in [5.41, 5.74) is 0.760. The van der Waals surface area contributed by atoms with E-state index in [4.69, 9.17) is 21.1 Å². The lowest BCUT2D eigenvalue weighted by molar-refractivity contribution is -0.156. The average Bonchev–Trinajstić information content (AvgIpc) is 2.89. The first-order valence-corrected chi connectivity index (χ1v) is 8.13. The van der Waals surface area contributed by atoms with Crippen molar-refractivity contribution in [1.82, 2.24) is 4.90 Å². The van der Waals surface area contributed by atoms with Gasteiger partial charge in [-0.15, -0.1) is 0 Å². The van der Waals surface area contributed by atoms with Crippen LogP contribution in [-0.2, 0) is 19.1 Å². The molecule has 0 spiro atoms. The van der Waals surface area contributed by atoms with E-state index in [1.54, 1.807) is 19.1 Å². The van der Waals surface area contributed by atoms with Crippen molar-refractivity contribution in [2.24, 2.45) is 0 Å². The fourth-order valence-electron chi connectivity index (χ4n) is 2.18. The van der Waals surface area contributed by atoms with E-state index >= 15 is 0 Å². The number of amides is 2. The lowest BCUT2D eigenvalue weighted by Gasteiger charge is -2.14. The maximum absolute atomic E-state index is 11.7. The summed E-state index contributed by atoms with van der Waals surface area (Å²) in [5.74, 6) is -1.07. The Labute approximate surface area is 146 Å². The highest BCUT2D eigenvalue weighted by Crippen LogP contribution is 2.31. The number of hydrogen-bond donors (Lipinski definition) is 0. The summed E-state index contributed by atoms with van der Waals surface area (Å²) < 4.78 is 11.0. The highest BCUT2D eigenvalue weighted by atomic mass is 79.9. The molecule has 0 radical (unpaired) electrons. The molecule has 0 bridgehead atoms. The highest BCUT2D eigenvalue weighted by Gasteiger charge is 2.27. The van der Waals surface area contributed by atoms with E-state index in [0.29, 0.717) is 30.2 Å². The molecule has 1 aliphatic heterocycles. The zero-order valence-corrected chi connectivity index (χ0v) is 14.8. The summed E-state index contributed by atoms with van der Waals surface area (Å²) in [5, 5.41) is 0.364. The molecular weight excluding hydrogens is 390 g/mol. The largest absolute Gasteiger partial charge is 0.480 e. The molecule has 2 amide bonds. The minimum atomic E-state index is -0.705. The van der Waals surface area contributed by atoms with Crippen LogP contribution >= 0.6 is 27.5 Å². The summed E-state index contributed by atoms with van der Waals surface area (Å²) in [4.78, 5) is 35.9. The highest BCUT2D eigenvalue weighted by molar-refractivity contribution is 9.10. The minimum absolute atomic E-state index is 0.237. The molecule has 1 aromatic carbocycles. The third-order valence-corrected chi connectivity index (χ3v) is 4.00. The van der Waals surface area contributed by atoms with Crippen molar-refractivity contribution >= 4 is 45.3 Å². The van der Waals surface area contributed by atoms with Crippen LogP contribution in [0.5, 0.6) is 5.75 Å². The van der Waals surface area contributed by atoms with Crippen LogP contribution in [0.3, 0.4) is 0 Å². The number of nitrogens with zero attached hydrogens (tertiary/aromatic N) is 1. The third-order valence-electron chi connectivity index (χ3n) is 3.26. The van der Waals surface area contributed by atoms with Crippen LogP contribution in [-0.4, -0.2) is 42.4 Å². The molecule has 0 saturated carbocycles. The number of hydrogen-bond acceptors (Lipinski definition) is 5. The summed E-state index contributed by atoms with van der Waals surface area (Å²) in [6.45, 7) is 1.32. The lowest BCUT2D eigenvalue weighted by atomic mass is 10.2. The van der Waals surface area contributed by atoms with Crippen LogP contribution in [0.15, 0.2) is 16.6 Å². The minimum Gasteiger partial charge on any atom is -0.480 e. The number of likely N-dealkylation sites (tertiary alicyclic amines) is 1. The van der Waals surface area contributed by atoms with Gasteiger partial charge in [0.05, 0.1) is 5.02 Å². The SMILES string of the molecule is Cc1cc(Br)cc(Cl)c1OCC(=O)OCC(=O)N1CCCC1=O. The number of imide groups is 1. The van der Waals surface area contributed by atoms with E-state index in [1.165, 1.54) is 0 Å². The normalized spacial score (nSPS) is 14.0. The standard InChI is InChI=1S/C15H15BrClNO5/c1-9-5-10(16)6-11(17)15(9)23-8-14(21)22-7-13(20)18-4-2-3-12(18)19/h5-6H,2-4,7-8H2,1H3. The van der Waals surface area contributed by atoms with Crippen LogP contribution in [0.25, 0.3) is 0 Å². The second-order valence-electron chi connectivity index (χ2n) is 5.03. The van der Waals surface area contributed by atoms with Crippen molar-refractivity contribution in [2.45, 2.75) is 19.8 Å². The van der Waals surface area contributed by atoms with E-state index in [0.717, 1.165) is 14.9 Å². The Hall–Kier alpha value is -1.60. The van der Waals surface area contributed by atoms with Crippen molar-refractivity contribution < 1.29 is 23.9 Å². The number of benzene rings is 1. The molecule has 23 heavy (non-hydrogen) atoms. The summed E-state index contributed by atoms with van der Waals surface area (Å²) in [6.07, 6.45) is 0.993. The van der Waals surface area contributed by atoms with E-state index < -0.39 is 18.5 Å². The van der Waals surface area contributed by atoms with Gasteiger partial charge in [0.15, 0.2) is 13.2 Å². The molecule has 6 nitrogen and oxygen atoms in total. The molecular formula is C15H15BrClNO5. The zero-order chi connectivity index (χ0) is 17.0. The third kappa shape index (κ3) is 4.68. The fraction of sp³-hybridized carbons (Fsp3) is 0.400. The molecule has 124 valence electrons. The number of halogens is 2. The quantitative estimate of drug-likeness (QED) is 0.705. The van der Waals surface area contributed by atoms with Crippen molar-refractivity contribution in [3.63, 3.8) is 0 Å². The molecule has 0 unspecified atom stereocenters. The topological polar surface area (TPSA) is 72.9 Å². The maximum atomic E-state index is 11.7. The Kier molecular flexibility index (Phi) is 6.01. The maximum Gasteiger partial charge on any atom is 0.344 e. The van der Waals surface area contributed by atoms with Crippen LogP contribution in [0.4, 0.5) is 0 Å². The van der Waals surface area contributed by atoms with E-state index in [9.17, 15) is 14.4 Å². The van der Waals surface area contributed by atoms with Crippen molar-refractivity contribution in [2.75, 3.05) is 19.8 Å². The molecule has 1 fully saturated rings. The first-order valence-electron chi connectivity index (χ1n) is 6.95. The molecule has 8 heteroatoms. The molecule has 1 saturated heterocycles. The fourth-order valence-corrected chi connectivity index (χ4v) is 3.20. The van der Waals surface area contributed by atoms with Gasteiger partial charge < -0.3 is 9.47 Å². The van der Waals surface area contributed by atoms with Crippen LogP contribution < -0.4 is 4.74 Å². The number of carbonyl (C=O) groups excluding carboxylic acids is 3. The van der Waals surface area contributed by atoms with Gasteiger partial charge in [-0.2, -0.15) is 0 Å². The van der Waals surface area contributed by atoms with Gasteiger partial charge in [-0.05, 0) is 31.0 Å². The summed E-state index contributed by atoms with van der Waals surface area (Å²) >= 11 is 9.35. The van der Waals surface area contributed by atoms with Crippen molar-refractivity contribution in [3.05, 3.63) is 27.2 Å². The first kappa shape index (κ1) is 17.7. The number of rotatable bonds is 5. The molecule has 2 rings (SSSR count).